The fourth-order valence-corrected chi connectivity index (χ4v) is 2.17. The van der Waals surface area contributed by atoms with Crippen molar-refractivity contribution in [3.8, 4) is 0 Å². The largest absolute Gasteiger partial charge is 0.431 e. The summed E-state index contributed by atoms with van der Waals surface area (Å²) >= 11 is 1.23. The van der Waals surface area contributed by atoms with Crippen LogP contribution < -0.4 is 5.73 Å². The Hall–Kier alpha value is -2.08. The van der Waals surface area contributed by atoms with Gasteiger partial charge in [-0.3, -0.25) is 0 Å². The number of hydrogen-bond acceptors (Lipinski definition) is 5. The van der Waals surface area contributed by atoms with Crippen molar-refractivity contribution in [3.63, 3.8) is 0 Å². The Kier molecular flexibility index (Phi) is 2.64. The maximum Gasteiger partial charge on any atom is 0.263 e. The molecule has 0 aliphatic carbocycles. The maximum absolute atomic E-state index is 12.7. The summed E-state index contributed by atoms with van der Waals surface area (Å²) in [5.41, 5.74) is 7.65. The van der Waals surface area contributed by atoms with Gasteiger partial charge in [0, 0.05) is 5.69 Å². The second-order valence-electron chi connectivity index (χ2n) is 3.62. The number of benzene rings is 1. The van der Waals surface area contributed by atoms with Gasteiger partial charge in [-0.05, 0) is 42.1 Å². The highest BCUT2D eigenvalue weighted by Crippen LogP contribution is 2.29. The van der Waals surface area contributed by atoms with E-state index in [1.807, 2.05) is 0 Å². The second kappa shape index (κ2) is 4.30. The van der Waals surface area contributed by atoms with Crippen molar-refractivity contribution in [2.45, 2.75) is 10.2 Å². The Morgan fingerprint density at radius 2 is 2.11 bits per heavy atom. The van der Waals surface area contributed by atoms with E-state index < -0.39 is 0 Å². The lowest BCUT2D eigenvalue weighted by Gasteiger charge is -1.94. The zero-order chi connectivity index (χ0) is 12.5. The number of halogens is 1. The highest BCUT2D eigenvalue weighted by atomic mass is 32.2. The van der Waals surface area contributed by atoms with Crippen LogP contribution in [0.5, 0.6) is 0 Å². The number of nitrogens with zero attached hydrogens (tertiary/aromatic N) is 2. The number of anilines is 1. The van der Waals surface area contributed by atoms with Crippen molar-refractivity contribution in [2.75, 3.05) is 5.73 Å². The van der Waals surface area contributed by atoms with Gasteiger partial charge >= 0.3 is 0 Å². The van der Waals surface area contributed by atoms with Crippen LogP contribution in [0.25, 0.3) is 11.1 Å². The third-order valence-electron chi connectivity index (χ3n) is 2.28. The van der Waals surface area contributed by atoms with Gasteiger partial charge < -0.3 is 10.2 Å². The molecule has 4 nitrogen and oxygen atoms in total. The number of nitrogen functional groups attached to an aromatic ring is 1. The fraction of sp³-hybridized carbons (Fsp3) is 0. The van der Waals surface area contributed by atoms with Crippen LogP contribution in [-0.2, 0) is 0 Å². The zero-order valence-corrected chi connectivity index (χ0v) is 9.95. The first-order valence-electron chi connectivity index (χ1n) is 5.16. The summed E-state index contributed by atoms with van der Waals surface area (Å²) in [6.45, 7) is 0. The molecule has 0 bridgehead atoms. The van der Waals surface area contributed by atoms with Crippen LogP contribution >= 0.6 is 11.8 Å². The first-order chi connectivity index (χ1) is 8.70. The average molecular weight is 261 g/mol. The van der Waals surface area contributed by atoms with E-state index >= 15 is 0 Å². The second-order valence-corrected chi connectivity index (χ2v) is 4.60. The highest BCUT2D eigenvalue weighted by Gasteiger charge is 2.08. The van der Waals surface area contributed by atoms with Gasteiger partial charge in [0.05, 0.1) is 6.20 Å². The summed E-state index contributed by atoms with van der Waals surface area (Å²) in [5, 5.41) is 1.07. The molecule has 2 heterocycles. The van der Waals surface area contributed by atoms with Gasteiger partial charge in [-0.25, -0.2) is 14.4 Å². The molecular formula is C12H8FN3OS. The summed E-state index contributed by atoms with van der Waals surface area (Å²) in [5.74, 6) is -0.371. The van der Waals surface area contributed by atoms with E-state index in [1.165, 1.54) is 17.8 Å². The van der Waals surface area contributed by atoms with Crippen molar-refractivity contribution < 1.29 is 8.81 Å². The van der Waals surface area contributed by atoms with Crippen molar-refractivity contribution in [1.29, 1.82) is 0 Å². The molecular weight excluding hydrogens is 253 g/mol. The highest BCUT2D eigenvalue weighted by molar-refractivity contribution is 7.99. The first-order valence-corrected chi connectivity index (χ1v) is 5.98. The normalized spacial score (nSPS) is 10.9. The third kappa shape index (κ3) is 2.14. The van der Waals surface area contributed by atoms with E-state index in [4.69, 9.17) is 10.2 Å². The molecule has 0 amide bonds. The van der Waals surface area contributed by atoms with E-state index in [2.05, 4.69) is 9.97 Å². The van der Waals surface area contributed by atoms with Crippen LogP contribution in [0.4, 0.5) is 10.1 Å². The van der Waals surface area contributed by atoms with Gasteiger partial charge in [0.2, 0.25) is 0 Å². The first kappa shape index (κ1) is 11.0. The molecule has 0 radical (unpaired) electrons. The van der Waals surface area contributed by atoms with Gasteiger partial charge in [-0.15, -0.1) is 0 Å². The molecule has 6 heteroatoms. The summed E-state index contributed by atoms with van der Waals surface area (Å²) in [6.07, 6.45) is 1.16. The molecule has 0 saturated carbocycles. The van der Waals surface area contributed by atoms with Gasteiger partial charge in [-0.1, -0.05) is 0 Å². The number of rotatable bonds is 2. The minimum Gasteiger partial charge on any atom is -0.431 e. The maximum atomic E-state index is 12.7. The SMILES string of the molecule is Nc1ccc2oc(Sc3ccc(F)cn3)nc2c1. The number of hydrogen-bond donors (Lipinski definition) is 1. The molecule has 0 aliphatic rings. The minimum atomic E-state index is -0.371. The molecule has 0 aliphatic heterocycles. The van der Waals surface area contributed by atoms with Crippen LogP contribution in [0.1, 0.15) is 0 Å². The summed E-state index contributed by atoms with van der Waals surface area (Å²) in [6, 6.07) is 8.16. The molecule has 1 aromatic carbocycles. The molecule has 3 aromatic rings. The zero-order valence-electron chi connectivity index (χ0n) is 9.13. The summed E-state index contributed by atoms with van der Waals surface area (Å²) in [7, 11) is 0. The Bertz CT molecular complexity index is 696. The number of nitrogens with two attached hydrogens (primary N) is 1. The van der Waals surface area contributed by atoms with Crippen molar-refractivity contribution in [2.24, 2.45) is 0 Å². The summed E-state index contributed by atoms with van der Waals surface area (Å²) in [4.78, 5) is 8.20. The topological polar surface area (TPSA) is 64.9 Å². The van der Waals surface area contributed by atoms with Gasteiger partial charge in [0.15, 0.2) is 5.58 Å². The minimum absolute atomic E-state index is 0.371. The van der Waals surface area contributed by atoms with Crippen LogP contribution in [0.3, 0.4) is 0 Å². The third-order valence-corrected chi connectivity index (χ3v) is 3.08. The van der Waals surface area contributed by atoms with E-state index in [0.29, 0.717) is 27.0 Å². The molecule has 0 unspecified atom stereocenters. The van der Waals surface area contributed by atoms with Crippen molar-refractivity contribution >= 4 is 28.5 Å². The Labute approximate surface area is 106 Å². The van der Waals surface area contributed by atoms with Crippen LogP contribution in [-0.4, -0.2) is 9.97 Å². The van der Waals surface area contributed by atoms with E-state index in [9.17, 15) is 4.39 Å². The van der Waals surface area contributed by atoms with Crippen LogP contribution in [0, 0.1) is 5.82 Å². The Morgan fingerprint density at radius 3 is 2.89 bits per heavy atom. The molecule has 0 spiro atoms. The number of oxazole rings is 1. The van der Waals surface area contributed by atoms with Gasteiger partial charge in [-0.2, -0.15) is 0 Å². The Morgan fingerprint density at radius 1 is 1.22 bits per heavy atom. The van der Waals surface area contributed by atoms with E-state index in [-0.39, 0.29) is 5.82 Å². The lowest BCUT2D eigenvalue weighted by Crippen LogP contribution is -1.82. The average Bonchev–Trinajstić information content (AvgIpc) is 2.73. The predicted octanol–water partition coefficient (Wildman–Crippen LogP) is 3.10. The van der Waals surface area contributed by atoms with Crippen LogP contribution in [0.15, 0.2) is 51.2 Å². The monoisotopic (exact) mass is 261 g/mol. The molecule has 0 saturated heterocycles. The molecule has 0 atom stereocenters. The predicted molar refractivity (Wildman–Crippen MR) is 66.7 cm³/mol. The Balaban J connectivity index is 1.92. The van der Waals surface area contributed by atoms with E-state index in [0.717, 1.165) is 6.20 Å². The van der Waals surface area contributed by atoms with Gasteiger partial charge in [0.25, 0.3) is 5.22 Å². The smallest absolute Gasteiger partial charge is 0.263 e. The fourth-order valence-electron chi connectivity index (χ4n) is 1.48. The lowest BCUT2D eigenvalue weighted by molar-refractivity contribution is 0.489. The summed E-state index contributed by atoms with van der Waals surface area (Å²) < 4.78 is 18.2. The van der Waals surface area contributed by atoms with Gasteiger partial charge in [0.1, 0.15) is 16.4 Å². The van der Waals surface area contributed by atoms with Crippen molar-refractivity contribution in [3.05, 3.63) is 42.3 Å². The number of aromatic nitrogens is 2. The van der Waals surface area contributed by atoms with Crippen LogP contribution in [0.2, 0.25) is 0 Å². The molecule has 2 N–H and O–H groups in total. The molecule has 2 aromatic heterocycles. The number of pyridine rings is 1. The molecule has 0 fully saturated rings. The molecule has 90 valence electrons. The molecule has 18 heavy (non-hydrogen) atoms. The quantitative estimate of drug-likeness (QED) is 0.718. The molecule has 3 rings (SSSR count). The standard InChI is InChI=1S/C12H8FN3OS/c13-7-1-4-11(15-6-7)18-12-16-9-5-8(14)2-3-10(9)17-12/h1-6H,14H2. The van der Waals surface area contributed by atoms with Crippen molar-refractivity contribution in [1.82, 2.24) is 9.97 Å². The lowest BCUT2D eigenvalue weighted by atomic mass is 10.3. The van der Waals surface area contributed by atoms with E-state index in [1.54, 1.807) is 24.3 Å². The number of fused-ring (bicyclic) bond motifs is 1.